The first-order valence-electron chi connectivity index (χ1n) is 8.62. The number of nitro groups is 1. The second-order valence-electron chi connectivity index (χ2n) is 6.17. The van der Waals surface area contributed by atoms with Gasteiger partial charge in [-0.25, -0.2) is 4.98 Å². The fourth-order valence-corrected chi connectivity index (χ4v) is 2.94. The van der Waals surface area contributed by atoms with Gasteiger partial charge < -0.3 is 9.88 Å². The first-order valence-corrected chi connectivity index (χ1v) is 8.62. The molecule has 138 valence electrons. The quantitative estimate of drug-likeness (QED) is 0.515. The minimum absolute atomic E-state index is 0.0546. The molecule has 0 unspecified atom stereocenters. The SMILES string of the molecule is Cc1c(C(=O)NCCc2nccn2Cc2ccccc2)cccc1[N+](=O)[O-]. The molecule has 1 N–H and O–H groups in total. The zero-order valence-corrected chi connectivity index (χ0v) is 15.0. The highest BCUT2D eigenvalue weighted by atomic mass is 16.6. The van der Waals surface area contributed by atoms with Crippen molar-refractivity contribution in [2.45, 2.75) is 19.9 Å². The molecule has 7 nitrogen and oxygen atoms in total. The summed E-state index contributed by atoms with van der Waals surface area (Å²) in [5.41, 5.74) is 1.80. The summed E-state index contributed by atoms with van der Waals surface area (Å²) in [6.45, 7) is 2.69. The number of rotatable bonds is 7. The van der Waals surface area contributed by atoms with Crippen LogP contribution in [0, 0.1) is 17.0 Å². The van der Waals surface area contributed by atoms with Crippen molar-refractivity contribution in [3.63, 3.8) is 0 Å². The molecule has 0 aliphatic heterocycles. The summed E-state index contributed by atoms with van der Waals surface area (Å²) in [7, 11) is 0. The van der Waals surface area contributed by atoms with E-state index in [0.717, 1.165) is 5.82 Å². The topological polar surface area (TPSA) is 90.1 Å². The molecule has 1 heterocycles. The van der Waals surface area contributed by atoms with Crippen LogP contribution in [0.1, 0.15) is 27.3 Å². The number of nitro benzene ring substituents is 1. The lowest BCUT2D eigenvalue weighted by Crippen LogP contribution is -2.27. The zero-order chi connectivity index (χ0) is 19.2. The fourth-order valence-electron chi connectivity index (χ4n) is 2.94. The molecular weight excluding hydrogens is 344 g/mol. The van der Waals surface area contributed by atoms with Crippen LogP contribution in [0.5, 0.6) is 0 Å². The van der Waals surface area contributed by atoms with Crippen LogP contribution in [-0.4, -0.2) is 26.9 Å². The molecule has 0 aliphatic carbocycles. The van der Waals surface area contributed by atoms with Gasteiger partial charge in [-0.2, -0.15) is 0 Å². The van der Waals surface area contributed by atoms with Gasteiger partial charge in [0.1, 0.15) is 5.82 Å². The van der Waals surface area contributed by atoms with Gasteiger partial charge in [-0.05, 0) is 18.6 Å². The van der Waals surface area contributed by atoms with Crippen molar-refractivity contribution in [2.75, 3.05) is 6.54 Å². The summed E-state index contributed by atoms with van der Waals surface area (Å²) in [6, 6.07) is 14.6. The van der Waals surface area contributed by atoms with Crippen molar-refractivity contribution in [3.8, 4) is 0 Å². The molecular formula is C20H20N4O3. The number of carbonyl (C=O) groups excluding carboxylic acids is 1. The number of aromatic nitrogens is 2. The number of amides is 1. The molecule has 0 saturated carbocycles. The molecule has 0 fully saturated rings. The summed E-state index contributed by atoms with van der Waals surface area (Å²) in [6.07, 6.45) is 4.22. The molecule has 1 aromatic heterocycles. The Morgan fingerprint density at radius 3 is 2.70 bits per heavy atom. The highest BCUT2D eigenvalue weighted by Crippen LogP contribution is 2.20. The number of benzene rings is 2. The number of carbonyl (C=O) groups is 1. The van der Waals surface area contributed by atoms with E-state index in [-0.39, 0.29) is 11.6 Å². The Hall–Kier alpha value is -3.48. The Kier molecular flexibility index (Phi) is 5.61. The first-order chi connectivity index (χ1) is 13.1. The average molecular weight is 364 g/mol. The van der Waals surface area contributed by atoms with Crippen molar-refractivity contribution in [2.24, 2.45) is 0 Å². The molecule has 3 aromatic rings. The zero-order valence-electron chi connectivity index (χ0n) is 15.0. The van der Waals surface area contributed by atoms with Gasteiger partial charge in [0, 0.05) is 49.1 Å². The van der Waals surface area contributed by atoms with Gasteiger partial charge in [-0.15, -0.1) is 0 Å². The number of nitrogens with one attached hydrogen (secondary N) is 1. The maximum Gasteiger partial charge on any atom is 0.273 e. The van der Waals surface area contributed by atoms with Gasteiger partial charge in [-0.1, -0.05) is 36.4 Å². The van der Waals surface area contributed by atoms with Crippen LogP contribution in [0.15, 0.2) is 60.9 Å². The Morgan fingerprint density at radius 2 is 1.96 bits per heavy atom. The lowest BCUT2D eigenvalue weighted by atomic mass is 10.1. The standard InChI is InChI=1S/C20H20N4O3/c1-15-17(8-5-9-18(15)24(26)27)20(25)22-11-10-19-21-12-13-23(19)14-16-6-3-2-4-7-16/h2-9,12-13H,10-11,14H2,1H3,(H,22,25). The average Bonchev–Trinajstić information content (AvgIpc) is 3.09. The van der Waals surface area contributed by atoms with Gasteiger partial charge in [0.15, 0.2) is 0 Å². The second kappa shape index (κ2) is 8.27. The van der Waals surface area contributed by atoms with Crippen molar-refractivity contribution >= 4 is 11.6 Å². The van der Waals surface area contributed by atoms with Gasteiger partial charge >= 0.3 is 0 Å². The van der Waals surface area contributed by atoms with E-state index in [0.29, 0.717) is 30.6 Å². The van der Waals surface area contributed by atoms with Crippen LogP contribution in [0.4, 0.5) is 5.69 Å². The number of hydrogen-bond acceptors (Lipinski definition) is 4. The third-order valence-electron chi connectivity index (χ3n) is 4.38. The summed E-state index contributed by atoms with van der Waals surface area (Å²) in [5, 5.41) is 13.8. The lowest BCUT2D eigenvalue weighted by Gasteiger charge is -2.10. The predicted molar refractivity (Wildman–Crippen MR) is 102 cm³/mol. The van der Waals surface area contributed by atoms with Crippen molar-refractivity contribution in [1.82, 2.24) is 14.9 Å². The lowest BCUT2D eigenvalue weighted by molar-refractivity contribution is -0.385. The number of nitrogens with zero attached hydrogens (tertiary/aromatic N) is 3. The van der Waals surface area contributed by atoms with E-state index in [9.17, 15) is 14.9 Å². The summed E-state index contributed by atoms with van der Waals surface area (Å²) in [4.78, 5) is 27.3. The van der Waals surface area contributed by atoms with Crippen LogP contribution >= 0.6 is 0 Å². The van der Waals surface area contributed by atoms with E-state index in [1.54, 1.807) is 19.2 Å². The van der Waals surface area contributed by atoms with E-state index < -0.39 is 4.92 Å². The third-order valence-corrected chi connectivity index (χ3v) is 4.38. The molecule has 0 radical (unpaired) electrons. The largest absolute Gasteiger partial charge is 0.352 e. The van der Waals surface area contributed by atoms with Gasteiger partial charge in [0.05, 0.1) is 4.92 Å². The molecule has 2 aromatic carbocycles. The van der Waals surface area contributed by atoms with E-state index in [4.69, 9.17) is 0 Å². The molecule has 7 heteroatoms. The van der Waals surface area contributed by atoms with Crippen LogP contribution in [0.2, 0.25) is 0 Å². The molecule has 1 amide bonds. The summed E-state index contributed by atoms with van der Waals surface area (Å²) >= 11 is 0. The van der Waals surface area contributed by atoms with Gasteiger partial charge in [-0.3, -0.25) is 14.9 Å². The molecule has 0 bridgehead atoms. The highest BCUT2D eigenvalue weighted by Gasteiger charge is 2.17. The fraction of sp³-hybridized carbons (Fsp3) is 0.200. The van der Waals surface area contributed by atoms with Crippen molar-refractivity contribution in [1.29, 1.82) is 0 Å². The maximum atomic E-state index is 12.4. The van der Waals surface area contributed by atoms with E-state index in [1.165, 1.54) is 17.7 Å². The molecule has 0 aliphatic rings. The Labute approximate surface area is 156 Å². The molecule has 0 atom stereocenters. The number of imidazole rings is 1. The smallest absolute Gasteiger partial charge is 0.273 e. The van der Waals surface area contributed by atoms with Gasteiger partial charge in [0.25, 0.3) is 11.6 Å². The Bertz CT molecular complexity index is 951. The minimum Gasteiger partial charge on any atom is -0.352 e. The van der Waals surface area contributed by atoms with Crippen molar-refractivity contribution in [3.05, 3.63) is 93.6 Å². The van der Waals surface area contributed by atoms with Crippen molar-refractivity contribution < 1.29 is 9.72 Å². The normalized spacial score (nSPS) is 10.6. The Morgan fingerprint density at radius 1 is 1.19 bits per heavy atom. The van der Waals surface area contributed by atoms with E-state index >= 15 is 0 Å². The van der Waals surface area contributed by atoms with E-state index in [1.807, 2.05) is 29.0 Å². The van der Waals surface area contributed by atoms with Crippen LogP contribution in [0.3, 0.4) is 0 Å². The summed E-state index contributed by atoms with van der Waals surface area (Å²) < 4.78 is 2.04. The van der Waals surface area contributed by atoms with Crippen LogP contribution in [0.25, 0.3) is 0 Å². The first kappa shape index (κ1) is 18.3. The predicted octanol–water partition coefficient (Wildman–Crippen LogP) is 3.12. The molecule has 0 saturated heterocycles. The second-order valence-corrected chi connectivity index (χ2v) is 6.17. The highest BCUT2D eigenvalue weighted by molar-refractivity contribution is 5.96. The number of hydrogen-bond donors (Lipinski definition) is 1. The van der Waals surface area contributed by atoms with Gasteiger partial charge in [0.2, 0.25) is 0 Å². The maximum absolute atomic E-state index is 12.4. The van der Waals surface area contributed by atoms with Crippen LogP contribution < -0.4 is 5.32 Å². The summed E-state index contributed by atoms with van der Waals surface area (Å²) in [5.74, 6) is 0.548. The molecule has 27 heavy (non-hydrogen) atoms. The van der Waals surface area contributed by atoms with Crippen LogP contribution in [-0.2, 0) is 13.0 Å². The monoisotopic (exact) mass is 364 g/mol. The Balaban J connectivity index is 1.61. The third kappa shape index (κ3) is 4.38. The van der Waals surface area contributed by atoms with E-state index in [2.05, 4.69) is 22.4 Å². The molecule has 0 spiro atoms. The molecule has 3 rings (SSSR count). The minimum atomic E-state index is -0.480.